The number of carbonyl (C=O) groups excluding carboxylic acids is 1. The van der Waals surface area contributed by atoms with Crippen molar-refractivity contribution in [3.8, 4) is 0 Å². The number of amides is 1. The normalized spacial score (nSPS) is 24.2. The molecule has 192 valence electrons. The maximum absolute atomic E-state index is 13.0. The molecule has 5 rings (SSSR count). The minimum Gasteiger partial charge on any atom is -0.370 e. The van der Waals surface area contributed by atoms with Crippen molar-refractivity contribution >= 4 is 32.8 Å². The van der Waals surface area contributed by atoms with Crippen molar-refractivity contribution in [2.45, 2.75) is 57.4 Å². The Labute approximate surface area is 214 Å². The first-order valence-electron chi connectivity index (χ1n) is 13.1. The van der Waals surface area contributed by atoms with Crippen LogP contribution >= 0.6 is 0 Å². The van der Waals surface area contributed by atoms with Crippen LogP contribution in [0, 0.1) is 12.5 Å². The lowest BCUT2D eigenvalue weighted by Gasteiger charge is -2.45. The molecule has 3 fully saturated rings. The Morgan fingerprint density at radius 1 is 1.14 bits per heavy atom. The zero-order valence-electron chi connectivity index (χ0n) is 21.0. The van der Waals surface area contributed by atoms with E-state index in [-0.39, 0.29) is 28.8 Å². The van der Waals surface area contributed by atoms with Crippen LogP contribution in [0.25, 0.3) is 4.85 Å². The molecule has 1 aromatic rings. The van der Waals surface area contributed by atoms with Gasteiger partial charge >= 0.3 is 0 Å². The standard InChI is InChI=1S/C27H35N5O3S/c1-20-9-15-31(16-10-20)24-19-21(5-6-22(24)30-26(33)23-7-8-25(28-2)29-23)27(32-13-3-4-14-32)11-17-36(34,35)18-12-27/h5-6,8,19-20H,3-4,7,9-18H2,1H3,(H,30,33). The summed E-state index contributed by atoms with van der Waals surface area (Å²) in [4.78, 5) is 25.4. The molecule has 0 bridgehead atoms. The zero-order valence-corrected chi connectivity index (χ0v) is 21.8. The third-order valence-electron chi connectivity index (χ3n) is 8.38. The molecule has 4 aliphatic rings. The number of sulfone groups is 1. The van der Waals surface area contributed by atoms with Gasteiger partial charge in [0.2, 0.25) is 0 Å². The van der Waals surface area contributed by atoms with Crippen molar-refractivity contribution in [1.29, 1.82) is 0 Å². The SMILES string of the molecule is [C-]#[N+]C1=CCC(C(=O)Nc2ccc(C3(N4CCCC4)CCS(=O)(=O)CC3)cc2N2CCC(C)CC2)=N1. The summed E-state index contributed by atoms with van der Waals surface area (Å²) in [6, 6.07) is 6.28. The summed E-state index contributed by atoms with van der Waals surface area (Å²) in [7, 11) is -3.00. The van der Waals surface area contributed by atoms with Crippen LogP contribution in [0.2, 0.25) is 0 Å². The quantitative estimate of drug-likeness (QED) is 0.607. The number of carbonyl (C=O) groups is 1. The number of aliphatic imine (C=N–C) groups is 1. The number of piperidine rings is 1. The summed E-state index contributed by atoms with van der Waals surface area (Å²) in [5, 5.41) is 3.07. The van der Waals surface area contributed by atoms with Crippen LogP contribution in [0.1, 0.15) is 57.4 Å². The summed E-state index contributed by atoms with van der Waals surface area (Å²) >= 11 is 0. The van der Waals surface area contributed by atoms with Gasteiger partial charge in [0.05, 0.1) is 22.9 Å². The van der Waals surface area contributed by atoms with Gasteiger partial charge in [-0.15, -0.1) is 4.99 Å². The van der Waals surface area contributed by atoms with Crippen LogP contribution in [-0.4, -0.2) is 62.6 Å². The number of hydrogen-bond acceptors (Lipinski definition) is 6. The first-order chi connectivity index (χ1) is 17.3. The van der Waals surface area contributed by atoms with E-state index in [1.807, 2.05) is 6.07 Å². The Morgan fingerprint density at radius 2 is 1.83 bits per heavy atom. The summed E-state index contributed by atoms with van der Waals surface area (Å²) in [6.45, 7) is 13.2. The maximum Gasteiger partial charge on any atom is 0.294 e. The molecule has 1 aromatic carbocycles. The molecule has 0 atom stereocenters. The lowest BCUT2D eigenvalue weighted by Crippen LogP contribution is -2.50. The first kappa shape index (κ1) is 25.0. The van der Waals surface area contributed by atoms with Gasteiger partial charge in [-0.2, -0.15) is 0 Å². The van der Waals surface area contributed by atoms with Gasteiger partial charge < -0.3 is 15.1 Å². The fourth-order valence-corrected chi connectivity index (χ4v) is 7.57. The van der Waals surface area contributed by atoms with Crippen LogP contribution < -0.4 is 10.2 Å². The van der Waals surface area contributed by atoms with Gasteiger partial charge in [0, 0.05) is 25.0 Å². The molecule has 0 radical (unpaired) electrons. The van der Waals surface area contributed by atoms with Gasteiger partial charge in [0.15, 0.2) is 5.71 Å². The molecular weight excluding hydrogens is 474 g/mol. The number of anilines is 2. The number of nitrogens with zero attached hydrogens (tertiary/aromatic N) is 4. The van der Waals surface area contributed by atoms with Crippen molar-refractivity contribution in [1.82, 2.24) is 4.90 Å². The highest BCUT2D eigenvalue weighted by atomic mass is 32.2. The molecule has 0 unspecified atom stereocenters. The second kappa shape index (κ2) is 9.98. The maximum atomic E-state index is 13.0. The minimum atomic E-state index is -3.00. The molecular formula is C27H35N5O3S. The highest BCUT2D eigenvalue weighted by Gasteiger charge is 2.44. The van der Waals surface area contributed by atoms with Gasteiger partial charge in [-0.05, 0) is 75.2 Å². The number of benzene rings is 1. The first-order valence-corrected chi connectivity index (χ1v) is 14.9. The van der Waals surface area contributed by atoms with Gasteiger partial charge in [0.1, 0.15) is 9.84 Å². The molecule has 36 heavy (non-hydrogen) atoms. The van der Waals surface area contributed by atoms with Crippen LogP contribution in [0.5, 0.6) is 0 Å². The van der Waals surface area contributed by atoms with Gasteiger partial charge in [-0.1, -0.05) is 25.6 Å². The average molecular weight is 510 g/mol. The molecule has 8 nitrogen and oxygen atoms in total. The van der Waals surface area contributed by atoms with Gasteiger partial charge in [0.25, 0.3) is 11.7 Å². The third kappa shape index (κ3) is 4.94. The molecule has 4 aliphatic heterocycles. The Bertz CT molecular complexity index is 1220. The van der Waals surface area contributed by atoms with E-state index in [1.54, 1.807) is 6.08 Å². The summed E-state index contributed by atoms with van der Waals surface area (Å²) in [5.41, 5.74) is 2.97. The summed E-state index contributed by atoms with van der Waals surface area (Å²) in [6.07, 6.45) is 7.74. The fourth-order valence-electron chi connectivity index (χ4n) is 6.07. The average Bonchev–Trinajstić information content (AvgIpc) is 3.58. The van der Waals surface area contributed by atoms with Crippen molar-refractivity contribution < 1.29 is 13.2 Å². The van der Waals surface area contributed by atoms with Crippen molar-refractivity contribution in [3.05, 3.63) is 47.1 Å². The second-order valence-corrected chi connectivity index (χ2v) is 13.0. The molecule has 1 amide bonds. The lowest BCUT2D eigenvalue weighted by molar-refractivity contribution is -0.110. The van der Waals surface area contributed by atoms with E-state index in [0.29, 0.717) is 30.9 Å². The Balaban J connectivity index is 1.50. The smallest absolute Gasteiger partial charge is 0.294 e. The highest BCUT2D eigenvalue weighted by Crippen LogP contribution is 2.44. The molecule has 9 heteroatoms. The molecule has 0 spiro atoms. The van der Waals surface area contributed by atoms with Crippen molar-refractivity contribution in [2.75, 3.05) is 47.9 Å². The van der Waals surface area contributed by atoms with E-state index < -0.39 is 9.84 Å². The lowest BCUT2D eigenvalue weighted by atomic mass is 9.82. The molecule has 0 saturated carbocycles. The van der Waals surface area contributed by atoms with E-state index in [0.717, 1.165) is 68.8 Å². The van der Waals surface area contributed by atoms with E-state index in [1.165, 1.54) is 0 Å². The number of nitrogens with one attached hydrogen (secondary N) is 1. The second-order valence-electron chi connectivity index (χ2n) is 10.7. The number of likely N-dealkylation sites (tertiary alicyclic amines) is 1. The van der Waals surface area contributed by atoms with Gasteiger partial charge in [-0.3, -0.25) is 9.69 Å². The summed E-state index contributed by atoms with van der Waals surface area (Å²) in [5.74, 6) is 1.10. The number of rotatable bonds is 5. The molecule has 0 aliphatic carbocycles. The van der Waals surface area contributed by atoms with E-state index in [9.17, 15) is 13.2 Å². The largest absolute Gasteiger partial charge is 0.370 e. The minimum absolute atomic E-state index is 0.217. The molecule has 1 N–H and O–H groups in total. The zero-order chi connectivity index (χ0) is 25.3. The monoisotopic (exact) mass is 509 g/mol. The highest BCUT2D eigenvalue weighted by molar-refractivity contribution is 7.91. The van der Waals surface area contributed by atoms with E-state index in [4.69, 9.17) is 6.57 Å². The summed E-state index contributed by atoms with van der Waals surface area (Å²) < 4.78 is 24.7. The topological polar surface area (TPSA) is 86.4 Å². The van der Waals surface area contributed by atoms with E-state index >= 15 is 0 Å². The van der Waals surface area contributed by atoms with Crippen LogP contribution in [0.4, 0.5) is 11.4 Å². The molecule has 0 aromatic heterocycles. The Kier molecular flexibility index (Phi) is 6.92. The number of hydrogen-bond donors (Lipinski definition) is 1. The van der Waals surface area contributed by atoms with Crippen LogP contribution in [0.15, 0.2) is 35.1 Å². The predicted octanol–water partition coefficient (Wildman–Crippen LogP) is 3.97. The van der Waals surface area contributed by atoms with Crippen LogP contribution in [0.3, 0.4) is 0 Å². The third-order valence-corrected chi connectivity index (χ3v) is 10.0. The molecule has 4 heterocycles. The van der Waals surface area contributed by atoms with E-state index in [2.05, 4.69) is 44.0 Å². The van der Waals surface area contributed by atoms with Gasteiger partial charge in [-0.25, -0.2) is 8.42 Å². The fraction of sp³-hybridized carbons (Fsp3) is 0.593. The Morgan fingerprint density at radius 3 is 2.47 bits per heavy atom. The van der Waals surface area contributed by atoms with Crippen LogP contribution in [-0.2, 0) is 20.2 Å². The number of allylic oxidation sites excluding steroid dienone is 1. The van der Waals surface area contributed by atoms with Crippen molar-refractivity contribution in [2.24, 2.45) is 10.9 Å². The molecule has 3 saturated heterocycles. The predicted molar refractivity (Wildman–Crippen MR) is 143 cm³/mol. The Hall–Kier alpha value is -2.70. The van der Waals surface area contributed by atoms with Crippen molar-refractivity contribution in [3.63, 3.8) is 0 Å².